The summed E-state index contributed by atoms with van der Waals surface area (Å²) in [5.41, 5.74) is 0. The first-order valence-electron chi connectivity index (χ1n) is 6.88. The Hall–Kier alpha value is -1.40. The summed E-state index contributed by atoms with van der Waals surface area (Å²) in [5, 5.41) is 2.78. The van der Waals surface area contributed by atoms with Gasteiger partial charge in [0.1, 0.15) is 6.10 Å². The average Bonchev–Trinajstić information content (AvgIpc) is 2.89. The van der Waals surface area contributed by atoms with Gasteiger partial charge in [-0.2, -0.15) is 0 Å². The molecular formula is C17H22O2P+. The Bertz CT molecular complexity index is 543. The minimum atomic E-state index is -1.39. The van der Waals surface area contributed by atoms with E-state index in [4.69, 9.17) is 4.74 Å². The zero-order valence-electron chi connectivity index (χ0n) is 12.5. The van der Waals surface area contributed by atoms with Crippen LogP contribution in [0.25, 0.3) is 0 Å². The van der Waals surface area contributed by atoms with Crippen molar-refractivity contribution < 1.29 is 9.53 Å². The van der Waals surface area contributed by atoms with Gasteiger partial charge in [0.2, 0.25) is 0 Å². The number of hydrogen-bond donors (Lipinski definition) is 0. The molecule has 2 nitrogen and oxygen atoms in total. The average molecular weight is 289 g/mol. The third-order valence-electron chi connectivity index (χ3n) is 3.83. The van der Waals surface area contributed by atoms with E-state index in [2.05, 4.69) is 55.8 Å². The molecule has 0 fully saturated rings. The van der Waals surface area contributed by atoms with E-state index in [1.807, 2.05) is 13.0 Å². The molecule has 2 rings (SSSR count). The van der Waals surface area contributed by atoms with Gasteiger partial charge in [-0.25, -0.2) is 0 Å². The quantitative estimate of drug-likeness (QED) is 0.625. The fourth-order valence-electron chi connectivity index (χ4n) is 2.72. The SMILES string of the molecule is CC(=O)O[C@H](C)[C@@H]1C=CC=C1[P+](C)(C)c1ccccc1. The second-order valence-corrected chi connectivity index (χ2v) is 9.55. The number of benzene rings is 1. The molecule has 0 aromatic heterocycles. The number of allylic oxidation sites excluding steroid dienone is 2. The van der Waals surface area contributed by atoms with Gasteiger partial charge < -0.3 is 4.74 Å². The van der Waals surface area contributed by atoms with Gasteiger partial charge >= 0.3 is 5.97 Å². The minimum Gasteiger partial charge on any atom is -0.462 e. The van der Waals surface area contributed by atoms with Crippen LogP contribution < -0.4 is 5.30 Å². The van der Waals surface area contributed by atoms with Crippen molar-refractivity contribution in [3.8, 4) is 0 Å². The predicted molar refractivity (Wildman–Crippen MR) is 86.8 cm³/mol. The van der Waals surface area contributed by atoms with Crippen molar-refractivity contribution in [2.45, 2.75) is 20.0 Å². The third kappa shape index (κ3) is 3.02. The van der Waals surface area contributed by atoms with Crippen molar-refractivity contribution in [2.24, 2.45) is 5.92 Å². The predicted octanol–water partition coefficient (Wildman–Crippen LogP) is 3.61. The molecule has 1 aromatic rings. The largest absolute Gasteiger partial charge is 0.462 e. The Kier molecular flexibility index (Phi) is 4.45. The van der Waals surface area contributed by atoms with E-state index in [0.29, 0.717) is 0 Å². The molecule has 0 saturated heterocycles. The maximum absolute atomic E-state index is 11.2. The molecule has 0 unspecified atom stereocenters. The molecule has 3 heteroatoms. The molecule has 0 radical (unpaired) electrons. The lowest BCUT2D eigenvalue weighted by Gasteiger charge is -2.27. The number of hydrogen-bond acceptors (Lipinski definition) is 2. The zero-order valence-corrected chi connectivity index (χ0v) is 13.4. The van der Waals surface area contributed by atoms with Crippen LogP contribution in [0.5, 0.6) is 0 Å². The molecular weight excluding hydrogens is 267 g/mol. The van der Waals surface area contributed by atoms with Gasteiger partial charge in [-0.3, -0.25) is 4.79 Å². The molecule has 0 spiro atoms. The van der Waals surface area contributed by atoms with E-state index in [-0.39, 0.29) is 18.0 Å². The van der Waals surface area contributed by atoms with Gasteiger partial charge in [0.05, 0.1) is 37.1 Å². The van der Waals surface area contributed by atoms with Crippen molar-refractivity contribution in [1.82, 2.24) is 0 Å². The highest BCUT2D eigenvalue weighted by atomic mass is 31.2. The molecule has 0 N–H and O–H groups in total. The van der Waals surface area contributed by atoms with Gasteiger partial charge in [0.25, 0.3) is 0 Å². The summed E-state index contributed by atoms with van der Waals surface area (Å²) < 4.78 is 5.38. The van der Waals surface area contributed by atoms with Crippen LogP contribution in [0.3, 0.4) is 0 Å². The smallest absolute Gasteiger partial charge is 0.302 e. The van der Waals surface area contributed by atoms with E-state index in [9.17, 15) is 4.79 Å². The lowest BCUT2D eigenvalue weighted by molar-refractivity contribution is -0.146. The highest BCUT2D eigenvalue weighted by Gasteiger charge is 2.41. The normalized spacial score (nSPS) is 19.6. The first kappa shape index (κ1) is 15.0. The highest BCUT2D eigenvalue weighted by molar-refractivity contribution is 7.85. The van der Waals surface area contributed by atoms with Crippen LogP contribution >= 0.6 is 7.26 Å². The lowest BCUT2D eigenvalue weighted by atomic mass is 10.1. The number of carbonyl (C=O) groups excluding carboxylic acids is 1. The van der Waals surface area contributed by atoms with E-state index >= 15 is 0 Å². The topological polar surface area (TPSA) is 26.3 Å². The first-order chi connectivity index (χ1) is 9.43. The summed E-state index contributed by atoms with van der Waals surface area (Å²) in [4.78, 5) is 11.2. The van der Waals surface area contributed by atoms with Crippen LogP contribution in [-0.4, -0.2) is 25.4 Å². The molecule has 20 heavy (non-hydrogen) atoms. The van der Waals surface area contributed by atoms with Gasteiger partial charge in [0.15, 0.2) is 0 Å². The number of esters is 1. The molecule has 2 atom stereocenters. The first-order valence-corrected chi connectivity index (χ1v) is 9.57. The molecule has 0 heterocycles. The third-order valence-corrected chi connectivity index (χ3v) is 7.16. The van der Waals surface area contributed by atoms with Crippen LogP contribution in [0, 0.1) is 5.92 Å². The highest BCUT2D eigenvalue weighted by Crippen LogP contribution is 2.62. The van der Waals surface area contributed by atoms with Crippen molar-refractivity contribution in [2.75, 3.05) is 13.3 Å². The van der Waals surface area contributed by atoms with E-state index in [0.717, 1.165) is 0 Å². The van der Waals surface area contributed by atoms with Crippen LogP contribution in [-0.2, 0) is 9.53 Å². The molecule has 0 saturated carbocycles. The Morgan fingerprint density at radius 1 is 1.25 bits per heavy atom. The standard InChI is InChI=1S/C17H22O2P/c1-13(19-14(2)18)16-11-8-12-17(16)20(3,4)15-9-6-5-7-10-15/h5-13,16H,1-4H3/q+1/t13-,16+/m1/s1. The number of rotatable bonds is 4. The summed E-state index contributed by atoms with van der Waals surface area (Å²) in [6.07, 6.45) is 6.32. The van der Waals surface area contributed by atoms with Gasteiger partial charge in [-0.1, -0.05) is 30.4 Å². The fraction of sp³-hybridized carbons (Fsp3) is 0.353. The molecule has 106 valence electrons. The fourth-order valence-corrected chi connectivity index (χ4v) is 5.44. The molecule has 1 aliphatic carbocycles. The van der Waals surface area contributed by atoms with Crippen molar-refractivity contribution in [3.63, 3.8) is 0 Å². The molecule has 0 aliphatic heterocycles. The molecule has 1 aliphatic rings. The molecule has 0 amide bonds. The summed E-state index contributed by atoms with van der Waals surface area (Å²) in [6, 6.07) is 10.6. The maximum Gasteiger partial charge on any atom is 0.302 e. The number of ether oxygens (including phenoxy) is 1. The van der Waals surface area contributed by atoms with Crippen LogP contribution in [0.4, 0.5) is 0 Å². The Balaban J connectivity index is 2.26. The Morgan fingerprint density at radius 2 is 1.90 bits per heavy atom. The van der Waals surface area contributed by atoms with E-state index < -0.39 is 7.26 Å². The minimum absolute atomic E-state index is 0.111. The van der Waals surface area contributed by atoms with Crippen LogP contribution in [0.1, 0.15) is 13.8 Å². The maximum atomic E-state index is 11.2. The van der Waals surface area contributed by atoms with E-state index in [1.54, 1.807) is 0 Å². The summed E-state index contributed by atoms with van der Waals surface area (Å²) in [7, 11) is -1.39. The summed E-state index contributed by atoms with van der Waals surface area (Å²) in [6.45, 7) is 8.10. The summed E-state index contributed by atoms with van der Waals surface area (Å²) >= 11 is 0. The summed E-state index contributed by atoms with van der Waals surface area (Å²) in [5.74, 6) is -0.0181. The second kappa shape index (κ2) is 5.93. The van der Waals surface area contributed by atoms with Crippen molar-refractivity contribution >= 4 is 18.5 Å². The van der Waals surface area contributed by atoms with Crippen LogP contribution in [0.15, 0.2) is 53.9 Å². The second-order valence-electron chi connectivity index (χ2n) is 5.61. The Morgan fingerprint density at radius 3 is 2.50 bits per heavy atom. The molecule has 0 bridgehead atoms. The monoisotopic (exact) mass is 289 g/mol. The van der Waals surface area contributed by atoms with Gasteiger partial charge in [-0.05, 0) is 25.1 Å². The van der Waals surface area contributed by atoms with Crippen LogP contribution in [0.2, 0.25) is 0 Å². The zero-order chi connectivity index (χ0) is 14.8. The van der Waals surface area contributed by atoms with Crippen molar-refractivity contribution in [3.05, 3.63) is 53.9 Å². The molecule has 1 aromatic carbocycles. The number of carbonyl (C=O) groups is 1. The van der Waals surface area contributed by atoms with E-state index in [1.165, 1.54) is 17.5 Å². The lowest BCUT2D eigenvalue weighted by Crippen LogP contribution is -2.25. The van der Waals surface area contributed by atoms with Crippen molar-refractivity contribution in [1.29, 1.82) is 0 Å². The van der Waals surface area contributed by atoms with Gasteiger partial charge in [-0.15, -0.1) is 0 Å². The van der Waals surface area contributed by atoms with Gasteiger partial charge in [0, 0.05) is 6.92 Å². The Labute approximate surface area is 121 Å².